The summed E-state index contributed by atoms with van der Waals surface area (Å²) in [5.41, 5.74) is 2.48. The van der Waals surface area contributed by atoms with Gasteiger partial charge in [-0.25, -0.2) is 0 Å². The first-order valence-corrected chi connectivity index (χ1v) is 7.83. The number of nitrogens with one attached hydrogen (secondary N) is 1. The number of aromatic amines is 1. The van der Waals surface area contributed by atoms with Gasteiger partial charge in [-0.3, -0.25) is 9.59 Å². The van der Waals surface area contributed by atoms with Crippen LogP contribution < -0.4 is 0 Å². The number of carboxylic acids is 1. The fraction of sp³-hybridized carbons (Fsp3) is 0.333. The molecule has 0 saturated carbocycles. The summed E-state index contributed by atoms with van der Waals surface area (Å²) in [5, 5.41) is 9.17. The van der Waals surface area contributed by atoms with Gasteiger partial charge >= 0.3 is 5.97 Å². The Hall–Kier alpha value is -2.56. The molecule has 2 unspecified atom stereocenters. The molecule has 1 amide bonds. The number of hydrogen-bond acceptors (Lipinski definition) is 2. The van der Waals surface area contributed by atoms with Gasteiger partial charge in [-0.15, -0.1) is 0 Å². The molecule has 0 bridgehead atoms. The van der Waals surface area contributed by atoms with Crippen LogP contribution in [0, 0.1) is 11.8 Å². The summed E-state index contributed by atoms with van der Waals surface area (Å²) < 4.78 is 0. The maximum Gasteiger partial charge on any atom is 0.306 e. The maximum absolute atomic E-state index is 12.6. The van der Waals surface area contributed by atoms with Gasteiger partial charge in [-0.05, 0) is 30.0 Å². The number of benzene rings is 1. The summed E-state index contributed by atoms with van der Waals surface area (Å²) in [7, 11) is 0. The summed E-state index contributed by atoms with van der Waals surface area (Å²) >= 11 is 0. The number of carboxylic acid groups (broad SMARTS) is 1. The number of carbonyl (C=O) groups is 2. The molecule has 0 radical (unpaired) electrons. The number of nitrogens with zero attached hydrogens (tertiary/aromatic N) is 1. The first-order valence-electron chi connectivity index (χ1n) is 7.83. The highest BCUT2D eigenvalue weighted by molar-refractivity contribution is 5.93. The fourth-order valence-electron chi connectivity index (χ4n) is 3.17. The number of piperidine rings is 1. The second kappa shape index (κ2) is 6.28. The summed E-state index contributed by atoms with van der Waals surface area (Å²) in [6.07, 6.45) is 0.508. The van der Waals surface area contributed by atoms with E-state index in [1.54, 1.807) is 11.0 Å². The van der Waals surface area contributed by atoms with Crippen LogP contribution >= 0.6 is 0 Å². The van der Waals surface area contributed by atoms with Crippen molar-refractivity contribution in [2.75, 3.05) is 13.1 Å². The standard InChI is InChI=1S/C18H20N2O3/c1-12-11-20(10-9-14(12)18(22)23)17(21)16-8-7-15(19-16)13-5-3-2-4-6-13/h2-8,12,14,19H,9-11H2,1H3,(H,22,23). The Bertz CT molecular complexity index is 708. The molecule has 120 valence electrons. The maximum atomic E-state index is 12.6. The number of aliphatic carboxylic acids is 1. The molecule has 0 spiro atoms. The number of carbonyl (C=O) groups excluding carboxylic acids is 1. The van der Waals surface area contributed by atoms with E-state index in [1.165, 1.54) is 0 Å². The monoisotopic (exact) mass is 312 g/mol. The zero-order chi connectivity index (χ0) is 16.4. The van der Waals surface area contributed by atoms with Crippen molar-refractivity contribution in [1.82, 2.24) is 9.88 Å². The lowest BCUT2D eigenvalue weighted by molar-refractivity contribution is -0.145. The van der Waals surface area contributed by atoms with E-state index in [2.05, 4.69) is 4.98 Å². The minimum Gasteiger partial charge on any atom is -0.481 e. The Balaban J connectivity index is 1.72. The number of aromatic nitrogens is 1. The van der Waals surface area contributed by atoms with Crippen LogP contribution in [0.4, 0.5) is 0 Å². The third kappa shape index (κ3) is 3.13. The molecule has 1 fully saturated rings. The van der Waals surface area contributed by atoms with E-state index in [0.717, 1.165) is 11.3 Å². The van der Waals surface area contributed by atoms with Gasteiger partial charge in [-0.2, -0.15) is 0 Å². The summed E-state index contributed by atoms with van der Waals surface area (Å²) in [6.45, 7) is 2.86. The molecule has 1 aliphatic heterocycles. The Morgan fingerprint density at radius 3 is 2.57 bits per heavy atom. The molecule has 2 aromatic rings. The fourth-order valence-corrected chi connectivity index (χ4v) is 3.17. The van der Waals surface area contributed by atoms with Crippen molar-refractivity contribution < 1.29 is 14.7 Å². The Morgan fingerprint density at radius 2 is 1.91 bits per heavy atom. The van der Waals surface area contributed by atoms with Gasteiger partial charge in [0, 0.05) is 18.8 Å². The first-order chi connectivity index (χ1) is 11.1. The van der Waals surface area contributed by atoms with Crippen LogP contribution in [0.5, 0.6) is 0 Å². The SMILES string of the molecule is CC1CN(C(=O)c2ccc(-c3ccccc3)[nH]2)CCC1C(=O)O. The summed E-state index contributed by atoms with van der Waals surface area (Å²) in [6, 6.07) is 13.5. The summed E-state index contributed by atoms with van der Waals surface area (Å²) in [4.78, 5) is 28.7. The van der Waals surface area contributed by atoms with Crippen LogP contribution in [0.3, 0.4) is 0 Å². The van der Waals surface area contributed by atoms with Crippen LogP contribution in [0.25, 0.3) is 11.3 Å². The van der Waals surface area contributed by atoms with Gasteiger partial charge in [0.1, 0.15) is 5.69 Å². The van der Waals surface area contributed by atoms with Crippen molar-refractivity contribution in [3.8, 4) is 11.3 Å². The molecule has 1 aliphatic rings. The van der Waals surface area contributed by atoms with Gasteiger partial charge < -0.3 is 15.0 Å². The molecule has 5 heteroatoms. The molecule has 0 aliphatic carbocycles. The number of H-pyrrole nitrogens is 1. The Morgan fingerprint density at radius 1 is 1.17 bits per heavy atom. The number of amides is 1. The molecule has 2 heterocycles. The third-order valence-electron chi connectivity index (χ3n) is 4.51. The van der Waals surface area contributed by atoms with Gasteiger partial charge in [0.15, 0.2) is 0 Å². The molecule has 23 heavy (non-hydrogen) atoms. The number of rotatable bonds is 3. The van der Waals surface area contributed by atoms with Crippen molar-refractivity contribution in [2.45, 2.75) is 13.3 Å². The molecule has 1 aromatic heterocycles. The van der Waals surface area contributed by atoms with Gasteiger partial charge in [-0.1, -0.05) is 37.3 Å². The van der Waals surface area contributed by atoms with E-state index in [1.807, 2.05) is 43.3 Å². The molecule has 5 nitrogen and oxygen atoms in total. The predicted molar refractivity (Wildman–Crippen MR) is 87.0 cm³/mol. The average Bonchev–Trinajstić information content (AvgIpc) is 3.04. The predicted octanol–water partition coefficient (Wildman–Crippen LogP) is 2.86. The molecule has 2 atom stereocenters. The average molecular weight is 312 g/mol. The van der Waals surface area contributed by atoms with E-state index >= 15 is 0 Å². The van der Waals surface area contributed by atoms with Crippen molar-refractivity contribution in [1.29, 1.82) is 0 Å². The van der Waals surface area contributed by atoms with Crippen molar-refractivity contribution in [2.24, 2.45) is 11.8 Å². The topological polar surface area (TPSA) is 73.4 Å². The third-order valence-corrected chi connectivity index (χ3v) is 4.51. The van der Waals surface area contributed by atoms with E-state index in [9.17, 15) is 14.7 Å². The van der Waals surface area contributed by atoms with Crippen molar-refractivity contribution >= 4 is 11.9 Å². The molecule has 1 saturated heterocycles. The van der Waals surface area contributed by atoms with Crippen LogP contribution in [0.2, 0.25) is 0 Å². The quantitative estimate of drug-likeness (QED) is 0.915. The lowest BCUT2D eigenvalue weighted by Gasteiger charge is -2.34. The minimum absolute atomic E-state index is 0.0336. The lowest BCUT2D eigenvalue weighted by Crippen LogP contribution is -2.45. The molecule has 1 aromatic carbocycles. The van der Waals surface area contributed by atoms with E-state index in [-0.39, 0.29) is 17.7 Å². The number of hydrogen-bond donors (Lipinski definition) is 2. The highest BCUT2D eigenvalue weighted by Gasteiger charge is 2.33. The summed E-state index contributed by atoms with van der Waals surface area (Å²) in [5.74, 6) is -1.23. The highest BCUT2D eigenvalue weighted by Crippen LogP contribution is 2.25. The smallest absolute Gasteiger partial charge is 0.306 e. The highest BCUT2D eigenvalue weighted by atomic mass is 16.4. The Labute approximate surface area is 134 Å². The van der Waals surface area contributed by atoms with Gasteiger partial charge in [0.25, 0.3) is 5.91 Å². The first kappa shape index (κ1) is 15.3. The second-order valence-corrected chi connectivity index (χ2v) is 6.11. The van der Waals surface area contributed by atoms with Crippen LogP contribution in [0.1, 0.15) is 23.8 Å². The minimum atomic E-state index is -0.768. The van der Waals surface area contributed by atoms with E-state index in [0.29, 0.717) is 25.2 Å². The van der Waals surface area contributed by atoms with E-state index in [4.69, 9.17) is 0 Å². The van der Waals surface area contributed by atoms with Crippen molar-refractivity contribution in [3.63, 3.8) is 0 Å². The van der Waals surface area contributed by atoms with Crippen LogP contribution in [0.15, 0.2) is 42.5 Å². The van der Waals surface area contributed by atoms with Crippen molar-refractivity contribution in [3.05, 3.63) is 48.2 Å². The van der Waals surface area contributed by atoms with Gasteiger partial charge in [0.05, 0.1) is 5.92 Å². The zero-order valence-electron chi connectivity index (χ0n) is 13.0. The second-order valence-electron chi connectivity index (χ2n) is 6.11. The molecular formula is C18H20N2O3. The zero-order valence-corrected chi connectivity index (χ0v) is 13.0. The largest absolute Gasteiger partial charge is 0.481 e. The Kier molecular flexibility index (Phi) is 4.19. The van der Waals surface area contributed by atoms with E-state index < -0.39 is 5.97 Å². The normalized spacial score (nSPS) is 21.2. The molecule has 2 N–H and O–H groups in total. The molecular weight excluding hydrogens is 292 g/mol. The van der Waals surface area contributed by atoms with Crippen LogP contribution in [-0.2, 0) is 4.79 Å². The number of likely N-dealkylation sites (tertiary alicyclic amines) is 1. The molecule has 3 rings (SSSR count). The van der Waals surface area contributed by atoms with Crippen LogP contribution in [-0.4, -0.2) is 40.0 Å². The lowest BCUT2D eigenvalue weighted by atomic mass is 9.87. The van der Waals surface area contributed by atoms with Gasteiger partial charge in [0.2, 0.25) is 0 Å².